The van der Waals surface area contributed by atoms with E-state index < -0.39 is 23.7 Å². The Morgan fingerprint density at radius 3 is 2.57 bits per heavy atom. The van der Waals surface area contributed by atoms with Gasteiger partial charge in [0.2, 0.25) is 17.7 Å². The van der Waals surface area contributed by atoms with Gasteiger partial charge in [0.25, 0.3) is 5.91 Å². The first-order valence-electron chi connectivity index (χ1n) is 9.31. The molecule has 8 nitrogen and oxygen atoms in total. The molecule has 0 aliphatic heterocycles. The number of hydrazine groups is 1. The SMILES string of the molecule is Cc1ccc(-c2nnc(CCC(=O)NNC(=O)C(C)Oc3ccccc3F)o2)cc1. The molecule has 3 aromatic rings. The summed E-state index contributed by atoms with van der Waals surface area (Å²) in [4.78, 5) is 24.0. The Morgan fingerprint density at radius 2 is 1.83 bits per heavy atom. The normalized spacial score (nSPS) is 11.6. The zero-order chi connectivity index (χ0) is 21.5. The quantitative estimate of drug-likeness (QED) is 0.578. The Hall–Kier alpha value is -3.75. The van der Waals surface area contributed by atoms with Gasteiger partial charge in [0, 0.05) is 18.4 Å². The second-order valence-electron chi connectivity index (χ2n) is 6.59. The van der Waals surface area contributed by atoms with E-state index in [0.29, 0.717) is 11.8 Å². The highest BCUT2D eigenvalue weighted by Gasteiger charge is 2.17. The number of nitrogens with one attached hydrogen (secondary N) is 2. The standard InChI is InChI=1S/C21H21FN4O4/c1-13-7-9-15(10-8-13)21-26-24-19(30-21)12-11-18(27)23-25-20(28)14(2)29-17-6-4-3-5-16(17)22/h3-10,14H,11-12H2,1-2H3,(H,23,27)(H,25,28). The van der Waals surface area contributed by atoms with Crippen LogP contribution in [0.5, 0.6) is 5.75 Å². The van der Waals surface area contributed by atoms with Crippen LogP contribution in [-0.4, -0.2) is 28.1 Å². The van der Waals surface area contributed by atoms with Crippen LogP contribution in [0.3, 0.4) is 0 Å². The van der Waals surface area contributed by atoms with Crippen LogP contribution in [0.25, 0.3) is 11.5 Å². The monoisotopic (exact) mass is 412 g/mol. The maximum atomic E-state index is 13.6. The Labute approximate surface area is 172 Å². The first-order valence-corrected chi connectivity index (χ1v) is 9.31. The smallest absolute Gasteiger partial charge is 0.279 e. The molecule has 3 rings (SSSR count). The molecule has 30 heavy (non-hydrogen) atoms. The molecule has 1 atom stereocenters. The fourth-order valence-electron chi connectivity index (χ4n) is 2.47. The van der Waals surface area contributed by atoms with Crippen LogP contribution in [-0.2, 0) is 16.0 Å². The summed E-state index contributed by atoms with van der Waals surface area (Å²) in [5.41, 5.74) is 6.43. The Balaban J connectivity index is 1.43. The summed E-state index contributed by atoms with van der Waals surface area (Å²) >= 11 is 0. The second kappa shape index (κ2) is 9.64. The minimum absolute atomic E-state index is 0.0262. The molecule has 2 amide bonds. The van der Waals surface area contributed by atoms with E-state index in [2.05, 4.69) is 21.0 Å². The van der Waals surface area contributed by atoms with E-state index in [-0.39, 0.29) is 18.6 Å². The Bertz CT molecular complexity index is 1020. The third kappa shape index (κ3) is 5.63. The second-order valence-corrected chi connectivity index (χ2v) is 6.59. The van der Waals surface area contributed by atoms with Gasteiger partial charge in [-0.05, 0) is 38.1 Å². The molecule has 2 N–H and O–H groups in total. The molecular weight excluding hydrogens is 391 g/mol. The molecular formula is C21H21FN4O4. The van der Waals surface area contributed by atoms with E-state index >= 15 is 0 Å². The number of carbonyl (C=O) groups is 2. The molecule has 0 fully saturated rings. The molecule has 0 aliphatic rings. The van der Waals surface area contributed by atoms with Gasteiger partial charge >= 0.3 is 0 Å². The van der Waals surface area contributed by atoms with Crippen LogP contribution >= 0.6 is 0 Å². The van der Waals surface area contributed by atoms with Crippen molar-refractivity contribution in [2.75, 3.05) is 0 Å². The maximum absolute atomic E-state index is 13.6. The summed E-state index contributed by atoms with van der Waals surface area (Å²) in [5, 5.41) is 7.90. The van der Waals surface area contributed by atoms with Crippen LogP contribution in [0, 0.1) is 12.7 Å². The molecule has 2 aromatic carbocycles. The predicted octanol–water partition coefficient (Wildman–Crippen LogP) is 2.73. The molecule has 1 aromatic heterocycles. The number of amides is 2. The molecule has 0 bridgehead atoms. The Morgan fingerprint density at radius 1 is 1.10 bits per heavy atom. The van der Waals surface area contributed by atoms with Crippen LogP contribution in [0.2, 0.25) is 0 Å². The lowest BCUT2D eigenvalue weighted by Crippen LogP contribution is -2.47. The first kappa shape index (κ1) is 21.0. The van der Waals surface area contributed by atoms with Crippen LogP contribution in [0.15, 0.2) is 52.9 Å². The highest BCUT2D eigenvalue weighted by atomic mass is 19.1. The third-order valence-electron chi connectivity index (χ3n) is 4.17. The number of aromatic nitrogens is 2. The molecule has 1 heterocycles. The van der Waals surface area contributed by atoms with Crippen molar-refractivity contribution >= 4 is 11.8 Å². The number of aryl methyl sites for hydroxylation is 2. The van der Waals surface area contributed by atoms with E-state index in [4.69, 9.17) is 9.15 Å². The van der Waals surface area contributed by atoms with Gasteiger partial charge in [0.15, 0.2) is 17.7 Å². The Kier molecular flexibility index (Phi) is 6.74. The van der Waals surface area contributed by atoms with E-state index in [9.17, 15) is 14.0 Å². The molecule has 0 radical (unpaired) electrons. The van der Waals surface area contributed by atoms with Crippen molar-refractivity contribution in [1.29, 1.82) is 0 Å². The van der Waals surface area contributed by atoms with Crippen molar-refractivity contribution in [2.24, 2.45) is 0 Å². The van der Waals surface area contributed by atoms with Crippen molar-refractivity contribution < 1.29 is 23.1 Å². The van der Waals surface area contributed by atoms with Gasteiger partial charge in [0.05, 0.1) is 0 Å². The lowest BCUT2D eigenvalue weighted by Gasteiger charge is -2.15. The molecule has 0 saturated heterocycles. The molecule has 1 unspecified atom stereocenters. The van der Waals surface area contributed by atoms with E-state index in [1.165, 1.54) is 25.1 Å². The van der Waals surface area contributed by atoms with Crippen molar-refractivity contribution in [3.05, 3.63) is 65.8 Å². The lowest BCUT2D eigenvalue weighted by molar-refractivity contribution is -0.132. The number of hydrogen-bond acceptors (Lipinski definition) is 6. The van der Waals surface area contributed by atoms with E-state index in [1.54, 1.807) is 6.07 Å². The van der Waals surface area contributed by atoms with E-state index in [1.807, 2.05) is 31.2 Å². The van der Waals surface area contributed by atoms with Crippen LogP contribution in [0.4, 0.5) is 4.39 Å². The van der Waals surface area contributed by atoms with E-state index in [0.717, 1.165) is 11.1 Å². The zero-order valence-corrected chi connectivity index (χ0v) is 16.5. The summed E-state index contributed by atoms with van der Waals surface area (Å²) < 4.78 is 24.4. The van der Waals surface area contributed by atoms with Gasteiger partial charge in [-0.15, -0.1) is 10.2 Å². The maximum Gasteiger partial charge on any atom is 0.279 e. The fourth-order valence-corrected chi connectivity index (χ4v) is 2.47. The summed E-state index contributed by atoms with van der Waals surface area (Å²) in [6, 6.07) is 13.4. The average Bonchev–Trinajstić information content (AvgIpc) is 3.21. The average molecular weight is 412 g/mol. The first-order chi connectivity index (χ1) is 14.4. The van der Waals surface area contributed by atoms with Gasteiger partial charge < -0.3 is 9.15 Å². The lowest BCUT2D eigenvalue weighted by atomic mass is 10.1. The van der Waals surface area contributed by atoms with Gasteiger partial charge in [-0.25, -0.2) is 4.39 Å². The number of carbonyl (C=O) groups excluding carboxylic acids is 2. The number of halogens is 1. The summed E-state index contributed by atoms with van der Waals surface area (Å²) in [6.07, 6.45) is -0.768. The number of benzene rings is 2. The number of ether oxygens (including phenoxy) is 1. The fraction of sp³-hybridized carbons (Fsp3) is 0.238. The van der Waals surface area contributed by atoms with Gasteiger partial charge in [0.1, 0.15) is 0 Å². The molecule has 9 heteroatoms. The van der Waals surface area contributed by atoms with Crippen molar-refractivity contribution in [2.45, 2.75) is 32.8 Å². The third-order valence-corrected chi connectivity index (χ3v) is 4.17. The number of hydrogen-bond donors (Lipinski definition) is 2. The van der Waals surface area contributed by atoms with Crippen molar-refractivity contribution in [3.63, 3.8) is 0 Å². The largest absolute Gasteiger partial charge is 0.478 e. The van der Waals surface area contributed by atoms with Crippen LogP contribution in [0.1, 0.15) is 24.8 Å². The number of para-hydroxylation sites is 1. The van der Waals surface area contributed by atoms with Crippen molar-refractivity contribution in [1.82, 2.24) is 21.0 Å². The number of nitrogens with zero attached hydrogens (tertiary/aromatic N) is 2. The van der Waals surface area contributed by atoms with Gasteiger partial charge in [-0.3, -0.25) is 20.4 Å². The van der Waals surface area contributed by atoms with Crippen molar-refractivity contribution in [3.8, 4) is 17.2 Å². The summed E-state index contributed by atoms with van der Waals surface area (Å²) in [5.74, 6) is -1.01. The molecule has 0 saturated carbocycles. The van der Waals surface area contributed by atoms with Crippen LogP contribution < -0.4 is 15.6 Å². The summed E-state index contributed by atoms with van der Waals surface area (Å²) in [6.45, 7) is 3.42. The number of rotatable bonds is 7. The zero-order valence-electron chi connectivity index (χ0n) is 16.5. The molecule has 0 aliphatic carbocycles. The summed E-state index contributed by atoms with van der Waals surface area (Å²) in [7, 11) is 0. The highest BCUT2D eigenvalue weighted by molar-refractivity contribution is 5.84. The van der Waals surface area contributed by atoms with Gasteiger partial charge in [-0.2, -0.15) is 0 Å². The predicted molar refractivity (Wildman–Crippen MR) is 106 cm³/mol. The molecule has 156 valence electrons. The van der Waals surface area contributed by atoms with Gasteiger partial charge in [-0.1, -0.05) is 29.8 Å². The minimum Gasteiger partial charge on any atom is -0.478 e. The molecule has 0 spiro atoms. The highest BCUT2D eigenvalue weighted by Crippen LogP contribution is 2.19. The topological polar surface area (TPSA) is 106 Å². The minimum atomic E-state index is -1.00.